The van der Waals surface area contributed by atoms with Crippen molar-refractivity contribution in [2.45, 2.75) is 6.92 Å². The van der Waals surface area contributed by atoms with Gasteiger partial charge in [0.25, 0.3) is 0 Å². The first-order valence-electron chi connectivity index (χ1n) is 5.74. The van der Waals surface area contributed by atoms with Gasteiger partial charge in [0.15, 0.2) is 5.69 Å². The summed E-state index contributed by atoms with van der Waals surface area (Å²) in [5.41, 5.74) is 0.0490. The second kappa shape index (κ2) is 5.09. The second-order valence-electron chi connectivity index (χ2n) is 3.97. The molecule has 0 spiro atoms. The maximum absolute atomic E-state index is 10.8. The van der Waals surface area contributed by atoms with Crippen LogP contribution in [0.3, 0.4) is 0 Å². The highest BCUT2D eigenvalue weighted by Gasteiger charge is 2.18. The normalized spacial score (nSPS) is 17.1. The van der Waals surface area contributed by atoms with Gasteiger partial charge in [-0.2, -0.15) is 0 Å². The van der Waals surface area contributed by atoms with Crippen LogP contribution in [-0.2, 0) is 0 Å². The lowest BCUT2D eigenvalue weighted by Gasteiger charge is -2.33. The number of piperazine rings is 1. The number of aromatic carboxylic acids is 1. The Morgan fingerprint density at radius 3 is 2.71 bits per heavy atom. The molecule has 1 aromatic heterocycles. The van der Waals surface area contributed by atoms with Crippen LogP contribution in [-0.4, -0.2) is 58.7 Å². The predicted molar refractivity (Wildman–Crippen MR) is 63.3 cm³/mol. The minimum absolute atomic E-state index is 0.0490. The van der Waals surface area contributed by atoms with E-state index in [4.69, 9.17) is 5.11 Å². The zero-order valence-electron chi connectivity index (χ0n) is 9.83. The Balaban J connectivity index is 2.08. The molecule has 0 saturated carbocycles. The first kappa shape index (κ1) is 11.8. The topological polar surface area (TPSA) is 69.6 Å². The number of aromatic nitrogens is 2. The van der Waals surface area contributed by atoms with Crippen molar-refractivity contribution < 1.29 is 9.90 Å². The molecule has 17 heavy (non-hydrogen) atoms. The van der Waals surface area contributed by atoms with Gasteiger partial charge in [-0.3, -0.25) is 0 Å². The number of carboxylic acids is 1. The second-order valence-corrected chi connectivity index (χ2v) is 3.97. The number of anilines is 1. The Hall–Kier alpha value is -1.69. The van der Waals surface area contributed by atoms with Gasteiger partial charge in [0.05, 0.1) is 0 Å². The summed E-state index contributed by atoms with van der Waals surface area (Å²) < 4.78 is 0. The monoisotopic (exact) mass is 236 g/mol. The SMILES string of the molecule is CCN1CCN(c2nccc(C(=O)O)n2)CC1. The van der Waals surface area contributed by atoms with Crippen molar-refractivity contribution in [2.75, 3.05) is 37.6 Å². The van der Waals surface area contributed by atoms with Gasteiger partial charge in [0, 0.05) is 32.4 Å². The zero-order valence-corrected chi connectivity index (χ0v) is 9.83. The molecule has 0 aromatic carbocycles. The summed E-state index contributed by atoms with van der Waals surface area (Å²) in [4.78, 5) is 23.4. The fourth-order valence-corrected chi connectivity index (χ4v) is 1.88. The van der Waals surface area contributed by atoms with Gasteiger partial charge < -0.3 is 14.9 Å². The highest BCUT2D eigenvalue weighted by Crippen LogP contribution is 2.11. The van der Waals surface area contributed by atoms with Crippen LogP contribution in [0.2, 0.25) is 0 Å². The van der Waals surface area contributed by atoms with Crippen LogP contribution in [0.15, 0.2) is 12.3 Å². The zero-order chi connectivity index (χ0) is 12.3. The summed E-state index contributed by atoms with van der Waals surface area (Å²) in [7, 11) is 0. The fourth-order valence-electron chi connectivity index (χ4n) is 1.88. The maximum atomic E-state index is 10.8. The number of hydrogen-bond donors (Lipinski definition) is 1. The fraction of sp³-hybridized carbons (Fsp3) is 0.545. The smallest absolute Gasteiger partial charge is 0.354 e. The van der Waals surface area contributed by atoms with E-state index < -0.39 is 5.97 Å². The molecule has 1 saturated heterocycles. The molecule has 0 bridgehead atoms. The molecule has 2 heterocycles. The Labute approximate surface area is 99.9 Å². The molecule has 1 aromatic rings. The van der Waals surface area contributed by atoms with Gasteiger partial charge in [0.1, 0.15) is 0 Å². The van der Waals surface area contributed by atoms with Gasteiger partial charge in [-0.15, -0.1) is 0 Å². The van der Waals surface area contributed by atoms with Crippen LogP contribution in [0.1, 0.15) is 17.4 Å². The Morgan fingerprint density at radius 2 is 2.12 bits per heavy atom. The summed E-state index contributed by atoms with van der Waals surface area (Å²) in [6.07, 6.45) is 1.50. The lowest BCUT2D eigenvalue weighted by atomic mass is 10.3. The third-order valence-corrected chi connectivity index (χ3v) is 2.96. The Bertz CT molecular complexity index is 402. The Kier molecular flexibility index (Phi) is 3.53. The van der Waals surface area contributed by atoms with E-state index in [2.05, 4.69) is 21.8 Å². The lowest BCUT2D eigenvalue weighted by Crippen LogP contribution is -2.46. The average Bonchev–Trinajstić information content (AvgIpc) is 2.39. The summed E-state index contributed by atoms with van der Waals surface area (Å²) >= 11 is 0. The summed E-state index contributed by atoms with van der Waals surface area (Å²) in [5.74, 6) is -0.499. The van der Waals surface area contributed by atoms with Crippen molar-refractivity contribution in [1.82, 2.24) is 14.9 Å². The summed E-state index contributed by atoms with van der Waals surface area (Å²) in [6, 6.07) is 1.41. The average molecular weight is 236 g/mol. The number of hydrogen-bond acceptors (Lipinski definition) is 5. The van der Waals surface area contributed by atoms with Gasteiger partial charge in [-0.25, -0.2) is 14.8 Å². The lowest BCUT2D eigenvalue weighted by molar-refractivity contribution is 0.0690. The van der Waals surface area contributed by atoms with Crippen LogP contribution in [0, 0.1) is 0 Å². The van der Waals surface area contributed by atoms with E-state index >= 15 is 0 Å². The number of likely N-dealkylation sites (N-methyl/N-ethyl adjacent to an activating group) is 1. The van der Waals surface area contributed by atoms with Crippen molar-refractivity contribution in [1.29, 1.82) is 0 Å². The first-order chi connectivity index (χ1) is 8.20. The minimum Gasteiger partial charge on any atom is -0.477 e. The van der Waals surface area contributed by atoms with Gasteiger partial charge >= 0.3 is 5.97 Å². The number of carboxylic acid groups (broad SMARTS) is 1. The molecule has 1 fully saturated rings. The van der Waals surface area contributed by atoms with Crippen molar-refractivity contribution in [3.63, 3.8) is 0 Å². The molecule has 0 radical (unpaired) electrons. The van der Waals surface area contributed by atoms with Crippen LogP contribution in [0.25, 0.3) is 0 Å². The van der Waals surface area contributed by atoms with Crippen LogP contribution >= 0.6 is 0 Å². The molecule has 0 amide bonds. The third-order valence-electron chi connectivity index (χ3n) is 2.96. The van der Waals surface area contributed by atoms with E-state index in [9.17, 15) is 4.79 Å². The van der Waals surface area contributed by atoms with E-state index in [-0.39, 0.29) is 5.69 Å². The molecular formula is C11H16N4O2. The standard InChI is InChI=1S/C11H16N4O2/c1-2-14-5-7-15(8-6-14)11-12-4-3-9(13-11)10(16)17/h3-4H,2,5-8H2,1H3,(H,16,17). The van der Waals surface area contributed by atoms with E-state index in [0.717, 1.165) is 32.7 Å². The van der Waals surface area contributed by atoms with Crippen LogP contribution in [0.5, 0.6) is 0 Å². The molecule has 1 N–H and O–H groups in total. The molecule has 2 rings (SSSR count). The van der Waals surface area contributed by atoms with Crippen molar-refractivity contribution in [3.8, 4) is 0 Å². The van der Waals surface area contributed by atoms with Crippen molar-refractivity contribution >= 4 is 11.9 Å². The van der Waals surface area contributed by atoms with E-state index in [1.54, 1.807) is 0 Å². The van der Waals surface area contributed by atoms with Gasteiger partial charge in [-0.05, 0) is 12.6 Å². The largest absolute Gasteiger partial charge is 0.477 e. The number of nitrogens with zero attached hydrogens (tertiary/aromatic N) is 4. The van der Waals surface area contributed by atoms with Crippen LogP contribution in [0.4, 0.5) is 5.95 Å². The van der Waals surface area contributed by atoms with E-state index in [0.29, 0.717) is 5.95 Å². The van der Waals surface area contributed by atoms with Crippen molar-refractivity contribution in [2.24, 2.45) is 0 Å². The molecular weight excluding hydrogens is 220 g/mol. The van der Waals surface area contributed by atoms with Crippen molar-refractivity contribution in [3.05, 3.63) is 18.0 Å². The summed E-state index contributed by atoms with van der Waals surface area (Å²) in [6.45, 7) is 6.81. The molecule has 6 nitrogen and oxygen atoms in total. The molecule has 1 aliphatic rings. The molecule has 0 aliphatic carbocycles. The molecule has 92 valence electrons. The Morgan fingerprint density at radius 1 is 1.41 bits per heavy atom. The summed E-state index contributed by atoms with van der Waals surface area (Å²) in [5, 5.41) is 8.87. The predicted octanol–water partition coefficient (Wildman–Crippen LogP) is 0.317. The first-order valence-corrected chi connectivity index (χ1v) is 5.74. The highest BCUT2D eigenvalue weighted by molar-refractivity contribution is 5.85. The van der Waals surface area contributed by atoms with Gasteiger partial charge in [0.2, 0.25) is 5.95 Å². The van der Waals surface area contributed by atoms with Crippen LogP contribution < -0.4 is 4.90 Å². The highest BCUT2D eigenvalue weighted by atomic mass is 16.4. The minimum atomic E-state index is -1.01. The quantitative estimate of drug-likeness (QED) is 0.815. The third kappa shape index (κ3) is 2.71. The number of rotatable bonds is 3. The maximum Gasteiger partial charge on any atom is 0.354 e. The molecule has 0 unspecified atom stereocenters. The van der Waals surface area contributed by atoms with E-state index in [1.807, 2.05) is 4.90 Å². The van der Waals surface area contributed by atoms with E-state index in [1.165, 1.54) is 12.3 Å². The molecule has 1 aliphatic heterocycles. The molecule has 6 heteroatoms. The molecule has 0 atom stereocenters. The number of carbonyl (C=O) groups is 1. The van der Waals surface area contributed by atoms with Gasteiger partial charge in [-0.1, -0.05) is 6.92 Å².